The molecule has 7 nitrogen and oxygen atoms in total. The number of hydrogen-bond donors (Lipinski definition) is 1. The molecule has 4 rings (SSSR count). The molecule has 3 aromatic rings. The van der Waals surface area contributed by atoms with Gasteiger partial charge in [0.25, 0.3) is 0 Å². The lowest BCUT2D eigenvalue weighted by atomic mass is 10.1. The second-order valence-electron chi connectivity index (χ2n) is 8.09. The molecular formula is C25H29N5O2S. The molecule has 1 fully saturated rings. The van der Waals surface area contributed by atoms with Crippen LogP contribution in [0.15, 0.2) is 59.6 Å². The van der Waals surface area contributed by atoms with Gasteiger partial charge in [-0.3, -0.25) is 4.79 Å². The van der Waals surface area contributed by atoms with Crippen LogP contribution in [0.3, 0.4) is 0 Å². The van der Waals surface area contributed by atoms with Gasteiger partial charge in [-0.1, -0.05) is 30.0 Å². The van der Waals surface area contributed by atoms with E-state index in [-0.39, 0.29) is 5.91 Å². The van der Waals surface area contributed by atoms with Gasteiger partial charge in [0.1, 0.15) is 10.8 Å². The Morgan fingerprint density at radius 3 is 2.33 bits per heavy atom. The fourth-order valence-corrected chi connectivity index (χ4v) is 4.62. The maximum absolute atomic E-state index is 12.3. The molecule has 1 saturated heterocycles. The highest BCUT2D eigenvalue weighted by Gasteiger charge is 2.20. The third-order valence-electron chi connectivity index (χ3n) is 5.51. The van der Waals surface area contributed by atoms with Crippen LogP contribution in [-0.4, -0.2) is 55.1 Å². The van der Waals surface area contributed by atoms with Gasteiger partial charge in [-0.2, -0.15) is 0 Å². The Kier molecular flexibility index (Phi) is 7.34. The maximum Gasteiger partial charge on any atom is 0.234 e. The first-order valence-corrected chi connectivity index (χ1v) is 12.0. The quantitative estimate of drug-likeness (QED) is 0.528. The summed E-state index contributed by atoms with van der Waals surface area (Å²) in [6.07, 6.45) is 0. The lowest BCUT2D eigenvalue weighted by molar-refractivity contribution is -0.113. The van der Waals surface area contributed by atoms with Crippen LogP contribution in [0.5, 0.6) is 5.75 Å². The van der Waals surface area contributed by atoms with E-state index in [1.165, 1.54) is 11.8 Å². The fourth-order valence-electron chi connectivity index (χ4n) is 4.01. The van der Waals surface area contributed by atoms with Gasteiger partial charge in [-0.15, -0.1) is 10.2 Å². The summed E-state index contributed by atoms with van der Waals surface area (Å²) in [5.41, 5.74) is 4.20. The molecule has 0 radical (unpaired) electrons. The molecule has 1 aliphatic rings. The van der Waals surface area contributed by atoms with Crippen molar-refractivity contribution < 1.29 is 9.53 Å². The zero-order valence-corrected chi connectivity index (χ0v) is 20.1. The number of ether oxygens (including phenoxy) is 1. The van der Waals surface area contributed by atoms with Gasteiger partial charge in [0.15, 0.2) is 5.82 Å². The summed E-state index contributed by atoms with van der Waals surface area (Å²) in [5.74, 6) is 1.99. The molecule has 1 N–H and O–H groups in total. The Bertz CT molecular complexity index is 1080. The summed E-state index contributed by atoms with van der Waals surface area (Å²) in [7, 11) is 1.71. The number of aromatic nitrogens is 2. The van der Waals surface area contributed by atoms with Gasteiger partial charge < -0.3 is 19.9 Å². The van der Waals surface area contributed by atoms with Crippen LogP contribution in [0, 0.1) is 13.8 Å². The third kappa shape index (κ3) is 5.96. The molecule has 8 heteroatoms. The van der Waals surface area contributed by atoms with Crippen LogP contribution in [0.1, 0.15) is 11.1 Å². The maximum atomic E-state index is 12.3. The molecule has 0 saturated carbocycles. The first-order valence-electron chi connectivity index (χ1n) is 11.0. The van der Waals surface area contributed by atoms with Gasteiger partial charge in [0, 0.05) is 31.9 Å². The van der Waals surface area contributed by atoms with Crippen LogP contribution in [0.2, 0.25) is 0 Å². The number of thioether (sulfide) groups is 1. The Labute approximate surface area is 199 Å². The average Bonchev–Trinajstić information content (AvgIpc) is 2.82. The van der Waals surface area contributed by atoms with Crippen molar-refractivity contribution in [1.29, 1.82) is 0 Å². The van der Waals surface area contributed by atoms with Gasteiger partial charge in [-0.25, -0.2) is 0 Å². The number of nitrogens with one attached hydrogen (secondary N) is 1. The first-order chi connectivity index (χ1) is 16.0. The molecule has 0 unspecified atom stereocenters. The average molecular weight is 464 g/mol. The molecule has 1 amide bonds. The lowest BCUT2D eigenvalue weighted by Crippen LogP contribution is -2.47. The number of nitrogens with zero attached hydrogens (tertiary/aromatic N) is 4. The van der Waals surface area contributed by atoms with E-state index in [9.17, 15) is 4.79 Å². The highest BCUT2D eigenvalue weighted by molar-refractivity contribution is 7.99. The number of para-hydroxylation sites is 2. The highest BCUT2D eigenvalue weighted by atomic mass is 32.2. The highest BCUT2D eigenvalue weighted by Crippen LogP contribution is 2.29. The van der Waals surface area contributed by atoms with Crippen molar-refractivity contribution >= 4 is 34.9 Å². The summed E-state index contributed by atoms with van der Waals surface area (Å²) in [6.45, 7) is 7.53. The minimum absolute atomic E-state index is 0.0525. The Balaban J connectivity index is 1.27. The van der Waals surface area contributed by atoms with Gasteiger partial charge in [0.05, 0.1) is 18.6 Å². The van der Waals surface area contributed by atoms with Gasteiger partial charge in [-0.05, 0) is 61.4 Å². The molecule has 0 spiro atoms. The van der Waals surface area contributed by atoms with Crippen molar-refractivity contribution in [3.05, 3.63) is 65.7 Å². The summed E-state index contributed by atoms with van der Waals surface area (Å²) >= 11 is 1.39. The zero-order valence-electron chi connectivity index (χ0n) is 19.2. The number of amides is 1. The van der Waals surface area contributed by atoms with E-state index in [0.29, 0.717) is 5.75 Å². The summed E-state index contributed by atoms with van der Waals surface area (Å²) in [4.78, 5) is 16.9. The molecule has 2 heterocycles. The molecule has 1 aliphatic heterocycles. The van der Waals surface area contributed by atoms with Crippen LogP contribution in [0.25, 0.3) is 0 Å². The smallest absolute Gasteiger partial charge is 0.234 e. The number of benzene rings is 2. The standard InChI is InChI=1S/C25H29N5O2S/c1-18-14-19(2)16-20(15-18)26-24(31)17-33-25-9-8-23(27-28-25)30-12-10-29(11-13-30)21-6-4-5-7-22(21)32-3/h4-9,14-16H,10-13,17H2,1-3H3,(H,26,31). The topological polar surface area (TPSA) is 70.6 Å². The van der Waals surface area contributed by atoms with E-state index < -0.39 is 0 Å². The molecule has 1 aromatic heterocycles. The summed E-state index contributed by atoms with van der Waals surface area (Å²) in [6, 6.07) is 18.0. The fraction of sp³-hybridized carbons (Fsp3) is 0.320. The lowest BCUT2D eigenvalue weighted by Gasteiger charge is -2.37. The van der Waals surface area contributed by atoms with E-state index in [1.807, 2.05) is 56.3 Å². The Hall–Kier alpha value is -3.26. The van der Waals surface area contributed by atoms with E-state index in [2.05, 4.69) is 37.4 Å². The number of aryl methyl sites for hydroxylation is 2. The van der Waals surface area contributed by atoms with Crippen molar-refractivity contribution in [2.75, 3.05) is 54.2 Å². The number of hydrogen-bond acceptors (Lipinski definition) is 7. The minimum Gasteiger partial charge on any atom is -0.495 e. The van der Waals surface area contributed by atoms with Crippen molar-refractivity contribution in [3.8, 4) is 5.75 Å². The van der Waals surface area contributed by atoms with E-state index in [4.69, 9.17) is 4.74 Å². The van der Waals surface area contributed by atoms with Crippen LogP contribution >= 0.6 is 11.8 Å². The normalized spacial score (nSPS) is 13.7. The molecular weight excluding hydrogens is 434 g/mol. The van der Waals surface area contributed by atoms with E-state index in [1.54, 1.807) is 7.11 Å². The molecule has 0 bridgehead atoms. The van der Waals surface area contributed by atoms with Crippen LogP contribution in [0.4, 0.5) is 17.2 Å². The van der Waals surface area contributed by atoms with Crippen LogP contribution in [-0.2, 0) is 4.79 Å². The van der Waals surface area contributed by atoms with E-state index >= 15 is 0 Å². The second-order valence-corrected chi connectivity index (χ2v) is 9.08. The predicted molar refractivity (Wildman–Crippen MR) is 135 cm³/mol. The third-order valence-corrected chi connectivity index (χ3v) is 6.43. The zero-order chi connectivity index (χ0) is 23.2. The van der Waals surface area contributed by atoms with Crippen LogP contribution < -0.4 is 19.9 Å². The first kappa shape index (κ1) is 22.9. The van der Waals surface area contributed by atoms with Crippen molar-refractivity contribution in [2.24, 2.45) is 0 Å². The van der Waals surface area contributed by atoms with E-state index in [0.717, 1.165) is 65.3 Å². The molecule has 0 atom stereocenters. The van der Waals surface area contributed by atoms with Gasteiger partial charge in [0.2, 0.25) is 5.91 Å². The Morgan fingerprint density at radius 2 is 1.67 bits per heavy atom. The molecule has 2 aromatic carbocycles. The summed E-state index contributed by atoms with van der Waals surface area (Å²) < 4.78 is 5.50. The molecule has 172 valence electrons. The number of anilines is 3. The van der Waals surface area contributed by atoms with Crippen molar-refractivity contribution in [1.82, 2.24) is 10.2 Å². The second kappa shape index (κ2) is 10.6. The number of carbonyl (C=O) groups excluding carboxylic acids is 1. The predicted octanol–water partition coefficient (Wildman–Crippen LogP) is 4.16. The monoisotopic (exact) mass is 463 g/mol. The van der Waals surface area contributed by atoms with Crippen molar-refractivity contribution in [3.63, 3.8) is 0 Å². The SMILES string of the molecule is COc1ccccc1N1CCN(c2ccc(SCC(=O)Nc3cc(C)cc(C)c3)nn2)CC1. The number of piperazine rings is 1. The number of methoxy groups -OCH3 is 1. The van der Waals surface area contributed by atoms with Gasteiger partial charge >= 0.3 is 0 Å². The Morgan fingerprint density at radius 1 is 0.970 bits per heavy atom. The molecule has 0 aliphatic carbocycles. The molecule has 33 heavy (non-hydrogen) atoms. The largest absolute Gasteiger partial charge is 0.495 e. The van der Waals surface area contributed by atoms with Crippen molar-refractivity contribution in [2.45, 2.75) is 18.9 Å². The number of carbonyl (C=O) groups is 1. The summed E-state index contributed by atoms with van der Waals surface area (Å²) in [5, 5.41) is 12.4. The minimum atomic E-state index is -0.0525. The number of rotatable bonds is 7.